The van der Waals surface area contributed by atoms with Crippen LogP contribution in [-0.4, -0.2) is 43.9 Å². The second kappa shape index (κ2) is 10.2. The molecule has 3 aromatic rings. The Balaban J connectivity index is 1.63. The average molecular weight is 507 g/mol. The number of anilines is 1. The van der Waals surface area contributed by atoms with Crippen LogP contribution in [-0.2, 0) is 16.6 Å². The van der Waals surface area contributed by atoms with E-state index in [0.717, 1.165) is 24.2 Å². The Morgan fingerprint density at radius 2 is 1.60 bits per heavy atom. The minimum atomic E-state index is -4.90. The van der Waals surface area contributed by atoms with Crippen LogP contribution in [0.1, 0.15) is 18.4 Å². The lowest BCUT2D eigenvalue weighted by Gasteiger charge is -2.39. The third-order valence-electron chi connectivity index (χ3n) is 5.84. The topological polar surface area (TPSA) is 70.1 Å². The molecular formula is C25H25F3N2O4S. The maximum absolute atomic E-state index is 13.7. The zero-order valence-electron chi connectivity index (χ0n) is 18.7. The van der Waals surface area contributed by atoms with E-state index in [9.17, 15) is 26.7 Å². The molecule has 0 saturated carbocycles. The van der Waals surface area contributed by atoms with Crippen molar-refractivity contribution in [3.05, 3.63) is 84.4 Å². The van der Waals surface area contributed by atoms with E-state index in [1.54, 1.807) is 0 Å². The Hall–Kier alpha value is -3.24. The Kier molecular flexibility index (Phi) is 7.23. The number of nitrogens with zero attached hydrogens (tertiary/aromatic N) is 2. The van der Waals surface area contributed by atoms with Crippen molar-refractivity contribution >= 4 is 15.7 Å². The Morgan fingerprint density at radius 3 is 2.23 bits per heavy atom. The smallest absolute Gasteiger partial charge is 0.508 e. The van der Waals surface area contributed by atoms with Crippen LogP contribution in [0.25, 0.3) is 0 Å². The second-order valence-electron chi connectivity index (χ2n) is 8.33. The average Bonchev–Trinajstić information content (AvgIpc) is 2.80. The van der Waals surface area contributed by atoms with E-state index in [4.69, 9.17) is 0 Å². The van der Waals surface area contributed by atoms with Gasteiger partial charge in [0.05, 0.1) is 10.6 Å². The van der Waals surface area contributed by atoms with Crippen LogP contribution < -0.4 is 9.04 Å². The van der Waals surface area contributed by atoms with E-state index in [-0.39, 0.29) is 16.3 Å². The van der Waals surface area contributed by atoms with Gasteiger partial charge < -0.3 is 9.84 Å². The molecule has 0 atom stereocenters. The number of ether oxygens (including phenoxy) is 1. The molecule has 1 N–H and O–H groups in total. The Morgan fingerprint density at radius 1 is 0.943 bits per heavy atom. The van der Waals surface area contributed by atoms with E-state index in [1.807, 2.05) is 30.3 Å². The summed E-state index contributed by atoms with van der Waals surface area (Å²) < 4.78 is 71.0. The molecule has 10 heteroatoms. The summed E-state index contributed by atoms with van der Waals surface area (Å²) in [5, 5.41) is 9.58. The highest BCUT2D eigenvalue weighted by molar-refractivity contribution is 7.92. The summed E-state index contributed by atoms with van der Waals surface area (Å²) in [6.07, 6.45) is -3.91. The standard InChI is InChI=1S/C25H25F3N2O4S/c26-25(27,28)34-23-8-4-7-21(17-23)30(35(32,33)24-11-9-22(31)10-12-24)20-13-15-29(16-14-20)18-19-5-2-1-3-6-19/h1-12,17,20,31H,13-16,18H2. The van der Waals surface area contributed by atoms with Gasteiger partial charge in [-0.25, -0.2) is 8.42 Å². The number of benzene rings is 3. The molecule has 3 aromatic carbocycles. The first-order chi connectivity index (χ1) is 16.6. The molecule has 4 rings (SSSR count). The molecular weight excluding hydrogens is 481 g/mol. The van der Waals surface area contributed by atoms with Gasteiger partial charge >= 0.3 is 6.36 Å². The lowest BCUT2D eigenvalue weighted by Crippen LogP contribution is -2.47. The fraction of sp³-hybridized carbons (Fsp3) is 0.280. The van der Waals surface area contributed by atoms with E-state index >= 15 is 0 Å². The summed E-state index contributed by atoms with van der Waals surface area (Å²) in [7, 11) is -4.14. The van der Waals surface area contributed by atoms with E-state index in [0.29, 0.717) is 25.9 Å². The van der Waals surface area contributed by atoms with E-state index in [2.05, 4.69) is 9.64 Å². The molecule has 186 valence electrons. The largest absolute Gasteiger partial charge is 0.573 e. The van der Waals surface area contributed by atoms with Crippen LogP contribution in [0.2, 0.25) is 0 Å². The molecule has 35 heavy (non-hydrogen) atoms. The van der Waals surface area contributed by atoms with Crippen molar-refractivity contribution in [1.82, 2.24) is 4.90 Å². The van der Waals surface area contributed by atoms with Crippen LogP contribution in [0.3, 0.4) is 0 Å². The van der Waals surface area contributed by atoms with E-state index < -0.39 is 28.2 Å². The zero-order valence-corrected chi connectivity index (χ0v) is 19.5. The molecule has 6 nitrogen and oxygen atoms in total. The van der Waals surface area contributed by atoms with Gasteiger partial charge in [-0.05, 0) is 54.8 Å². The van der Waals surface area contributed by atoms with Gasteiger partial charge in [0.2, 0.25) is 0 Å². The summed E-state index contributed by atoms with van der Waals surface area (Å²) in [5.74, 6) is -0.590. The van der Waals surface area contributed by atoms with Gasteiger partial charge in [0, 0.05) is 31.7 Å². The van der Waals surface area contributed by atoms with Gasteiger partial charge in [-0.2, -0.15) is 0 Å². The van der Waals surface area contributed by atoms with Gasteiger partial charge in [0.15, 0.2) is 0 Å². The normalized spacial score (nSPS) is 15.6. The van der Waals surface area contributed by atoms with Crippen LogP contribution >= 0.6 is 0 Å². The van der Waals surface area contributed by atoms with Gasteiger partial charge in [0.1, 0.15) is 11.5 Å². The lowest BCUT2D eigenvalue weighted by molar-refractivity contribution is -0.274. The van der Waals surface area contributed by atoms with Gasteiger partial charge in [-0.3, -0.25) is 9.21 Å². The molecule has 1 saturated heterocycles. The van der Waals surface area contributed by atoms with Crippen LogP contribution in [0.15, 0.2) is 83.8 Å². The molecule has 0 unspecified atom stereocenters. The number of hydrogen-bond donors (Lipinski definition) is 1. The van der Waals surface area contributed by atoms with Gasteiger partial charge in [-0.1, -0.05) is 36.4 Å². The Bertz CT molecular complexity index is 1230. The van der Waals surface area contributed by atoms with Crippen LogP contribution in [0.4, 0.5) is 18.9 Å². The maximum Gasteiger partial charge on any atom is 0.573 e. The van der Waals surface area contributed by atoms with Crippen molar-refractivity contribution in [1.29, 1.82) is 0 Å². The third-order valence-corrected chi connectivity index (χ3v) is 7.73. The number of rotatable bonds is 7. The number of aromatic hydroxyl groups is 1. The first-order valence-corrected chi connectivity index (χ1v) is 12.5. The number of halogens is 3. The summed E-state index contributed by atoms with van der Waals surface area (Å²) in [4.78, 5) is 2.16. The second-order valence-corrected chi connectivity index (χ2v) is 10.1. The minimum Gasteiger partial charge on any atom is -0.508 e. The maximum atomic E-state index is 13.7. The zero-order chi connectivity index (χ0) is 25.1. The molecule has 0 aliphatic carbocycles. The lowest BCUT2D eigenvalue weighted by atomic mass is 10.0. The molecule has 1 aliphatic rings. The fourth-order valence-corrected chi connectivity index (χ4v) is 5.95. The first kappa shape index (κ1) is 24.9. The highest BCUT2D eigenvalue weighted by Crippen LogP contribution is 2.34. The number of phenols is 1. The third kappa shape index (κ3) is 6.26. The molecule has 0 aromatic heterocycles. The number of piperidine rings is 1. The summed E-state index contributed by atoms with van der Waals surface area (Å²) >= 11 is 0. The number of hydrogen-bond acceptors (Lipinski definition) is 5. The van der Waals surface area contributed by atoms with Gasteiger partial charge in [-0.15, -0.1) is 13.2 Å². The van der Waals surface area contributed by atoms with Crippen molar-refractivity contribution < 1.29 is 31.4 Å². The monoisotopic (exact) mass is 506 g/mol. The number of alkyl halides is 3. The molecule has 1 aliphatic heterocycles. The van der Waals surface area contributed by atoms with Crippen molar-refractivity contribution in [3.63, 3.8) is 0 Å². The molecule has 0 spiro atoms. The highest BCUT2D eigenvalue weighted by Gasteiger charge is 2.35. The molecule has 0 amide bonds. The fourth-order valence-electron chi connectivity index (χ4n) is 4.25. The molecule has 1 fully saturated rings. The molecule has 1 heterocycles. The highest BCUT2D eigenvalue weighted by atomic mass is 32.2. The van der Waals surface area contributed by atoms with Crippen LogP contribution in [0, 0.1) is 0 Å². The summed E-state index contributed by atoms with van der Waals surface area (Å²) in [6.45, 7) is 1.98. The number of phenolic OH excluding ortho intramolecular Hbond substituents is 1. The van der Waals surface area contributed by atoms with Crippen molar-refractivity contribution in [2.45, 2.75) is 36.7 Å². The van der Waals surface area contributed by atoms with Crippen LogP contribution in [0.5, 0.6) is 11.5 Å². The van der Waals surface area contributed by atoms with E-state index in [1.165, 1.54) is 40.7 Å². The minimum absolute atomic E-state index is 0.0656. The predicted molar refractivity (Wildman–Crippen MR) is 126 cm³/mol. The van der Waals surface area contributed by atoms with Crippen molar-refractivity contribution in [3.8, 4) is 11.5 Å². The SMILES string of the molecule is O=S(=O)(c1ccc(O)cc1)N(c1cccc(OC(F)(F)F)c1)C1CCN(Cc2ccccc2)CC1. The molecule has 0 bridgehead atoms. The van der Waals surface area contributed by atoms with Gasteiger partial charge in [0.25, 0.3) is 10.0 Å². The Labute approximate surface area is 202 Å². The summed E-state index contributed by atoms with van der Waals surface area (Å²) in [5.41, 5.74) is 1.23. The van der Waals surface area contributed by atoms with Crippen molar-refractivity contribution in [2.75, 3.05) is 17.4 Å². The summed E-state index contributed by atoms with van der Waals surface area (Å²) in [6, 6.07) is 19.5. The number of sulfonamides is 1. The van der Waals surface area contributed by atoms with Crippen molar-refractivity contribution in [2.24, 2.45) is 0 Å². The predicted octanol–water partition coefficient (Wildman–Crippen LogP) is 5.15. The quantitative estimate of drug-likeness (QED) is 0.480. The molecule has 0 radical (unpaired) electrons. The number of likely N-dealkylation sites (tertiary alicyclic amines) is 1. The first-order valence-electron chi connectivity index (χ1n) is 11.1.